The second-order valence-electron chi connectivity index (χ2n) is 14.7. The number of aryl methyl sites for hydroxylation is 2. The van der Waals surface area contributed by atoms with Gasteiger partial charge in [-0.25, -0.2) is 0 Å². The van der Waals surface area contributed by atoms with Crippen LogP contribution in [0.5, 0.6) is 11.5 Å². The molecule has 2 N–H and O–H groups in total. The lowest BCUT2D eigenvalue weighted by Crippen LogP contribution is -2.17. The standard InChI is InChI=1S/C38H62O2S/c1-10-11-12-13-14-15-16-19-29(20-17-18-21-41)24-32(30-25-33(37(4,5)6)35(39)22-27(30)2)31-26-34(38(7,8)9)36(40)23-28(31)3/h22-23,25-26,29,32,39-41H,10-21,24H2,1-9H3. The number of hydrogen-bond donors (Lipinski definition) is 3. The van der Waals surface area contributed by atoms with E-state index in [1.54, 1.807) is 0 Å². The van der Waals surface area contributed by atoms with Gasteiger partial charge in [-0.15, -0.1) is 0 Å². The fourth-order valence-electron chi connectivity index (χ4n) is 6.44. The Bertz CT molecular complexity index is 1000. The molecule has 0 aliphatic carbocycles. The summed E-state index contributed by atoms with van der Waals surface area (Å²) in [7, 11) is 0. The van der Waals surface area contributed by atoms with Crippen molar-refractivity contribution in [1.29, 1.82) is 0 Å². The van der Waals surface area contributed by atoms with Gasteiger partial charge in [0.05, 0.1) is 0 Å². The fraction of sp³-hybridized carbons (Fsp3) is 0.684. The summed E-state index contributed by atoms with van der Waals surface area (Å²) in [6.45, 7) is 19.7. The molecule has 2 rings (SSSR count). The van der Waals surface area contributed by atoms with Gasteiger partial charge in [-0.1, -0.05) is 125 Å². The average molecular weight is 583 g/mol. The monoisotopic (exact) mass is 582 g/mol. The normalized spacial score (nSPS) is 13.2. The number of thiol groups is 1. The van der Waals surface area contributed by atoms with E-state index in [1.165, 1.54) is 81.8 Å². The van der Waals surface area contributed by atoms with E-state index in [2.05, 4.69) is 87.1 Å². The van der Waals surface area contributed by atoms with Gasteiger partial charge in [-0.3, -0.25) is 0 Å². The van der Waals surface area contributed by atoms with Gasteiger partial charge in [-0.05, 0) is 94.7 Å². The maximum Gasteiger partial charge on any atom is 0.119 e. The molecule has 0 saturated heterocycles. The van der Waals surface area contributed by atoms with Gasteiger partial charge in [0.1, 0.15) is 11.5 Å². The lowest BCUT2D eigenvalue weighted by molar-refractivity contribution is 0.370. The maximum atomic E-state index is 11.0. The highest BCUT2D eigenvalue weighted by molar-refractivity contribution is 7.80. The van der Waals surface area contributed by atoms with Crippen molar-refractivity contribution in [3.8, 4) is 11.5 Å². The van der Waals surface area contributed by atoms with Gasteiger partial charge < -0.3 is 10.2 Å². The molecule has 0 aromatic heterocycles. The smallest absolute Gasteiger partial charge is 0.119 e. The van der Waals surface area contributed by atoms with Gasteiger partial charge in [0.15, 0.2) is 0 Å². The number of phenolic OH excluding ortho intramolecular Hbond substituents is 2. The van der Waals surface area contributed by atoms with Crippen LogP contribution in [0.4, 0.5) is 0 Å². The predicted molar refractivity (Wildman–Crippen MR) is 183 cm³/mol. The molecule has 232 valence electrons. The van der Waals surface area contributed by atoms with Crippen LogP contribution >= 0.6 is 12.6 Å². The second kappa shape index (κ2) is 16.3. The van der Waals surface area contributed by atoms with Crippen LogP contribution in [0, 0.1) is 19.8 Å². The first-order chi connectivity index (χ1) is 19.2. The Morgan fingerprint density at radius 3 is 1.46 bits per heavy atom. The predicted octanol–water partition coefficient (Wildman–Crippen LogP) is 11.7. The summed E-state index contributed by atoms with van der Waals surface area (Å²) in [6, 6.07) is 8.54. The zero-order valence-corrected chi connectivity index (χ0v) is 28.9. The third kappa shape index (κ3) is 10.9. The van der Waals surface area contributed by atoms with Crippen molar-refractivity contribution >= 4 is 12.6 Å². The van der Waals surface area contributed by atoms with Crippen LogP contribution in [0.3, 0.4) is 0 Å². The van der Waals surface area contributed by atoms with E-state index in [0.29, 0.717) is 17.4 Å². The van der Waals surface area contributed by atoms with Crippen molar-refractivity contribution in [2.75, 3.05) is 5.75 Å². The maximum absolute atomic E-state index is 11.0. The van der Waals surface area contributed by atoms with Gasteiger partial charge in [0.25, 0.3) is 0 Å². The van der Waals surface area contributed by atoms with Crippen LogP contribution in [0.25, 0.3) is 0 Å². The molecule has 0 radical (unpaired) electrons. The summed E-state index contributed by atoms with van der Waals surface area (Å²) in [5.41, 5.74) is 6.65. The lowest BCUT2D eigenvalue weighted by Gasteiger charge is -2.31. The topological polar surface area (TPSA) is 40.5 Å². The number of benzene rings is 2. The van der Waals surface area contributed by atoms with Crippen molar-refractivity contribution in [3.05, 3.63) is 57.6 Å². The summed E-state index contributed by atoms with van der Waals surface area (Å²) >= 11 is 4.51. The molecule has 2 nitrogen and oxygen atoms in total. The molecule has 2 aromatic carbocycles. The van der Waals surface area contributed by atoms with Gasteiger partial charge in [-0.2, -0.15) is 12.6 Å². The third-order valence-electron chi connectivity index (χ3n) is 8.94. The summed E-state index contributed by atoms with van der Waals surface area (Å²) in [5, 5.41) is 21.9. The van der Waals surface area contributed by atoms with E-state index in [1.807, 2.05) is 12.1 Å². The highest BCUT2D eigenvalue weighted by Crippen LogP contribution is 2.44. The zero-order chi connectivity index (χ0) is 30.8. The summed E-state index contributed by atoms with van der Waals surface area (Å²) in [6.07, 6.45) is 15.4. The summed E-state index contributed by atoms with van der Waals surface area (Å²) in [4.78, 5) is 0. The fourth-order valence-corrected chi connectivity index (χ4v) is 6.66. The quantitative estimate of drug-likeness (QED) is 0.136. The van der Waals surface area contributed by atoms with Crippen molar-refractivity contribution in [2.24, 2.45) is 5.92 Å². The SMILES string of the molecule is CCCCCCCCCC(CCCCS)CC(c1cc(C(C)(C)C)c(O)cc1C)c1cc(C(C)(C)C)c(O)cc1C. The largest absolute Gasteiger partial charge is 0.508 e. The Labute approximate surface area is 259 Å². The average Bonchev–Trinajstić information content (AvgIpc) is 2.85. The molecule has 2 aromatic rings. The van der Waals surface area contributed by atoms with Crippen molar-refractivity contribution in [1.82, 2.24) is 0 Å². The van der Waals surface area contributed by atoms with E-state index in [-0.39, 0.29) is 16.7 Å². The number of phenols is 2. The van der Waals surface area contributed by atoms with E-state index >= 15 is 0 Å². The van der Waals surface area contributed by atoms with Crippen LogP contribution in [0.2, 0.25) is 0 Å². The molecule has 0 heterocycles. The minimum Gasteiger partial charge on any atom is -0.508 e. The number of aromatic hydroxyl groups is 2. The molecule has 0 amide bonds. The van der Waals surface area contributed by atoms with Gasteiger partial charge in [0.2, 0.25) is 0 Å². The summed E-state index contributed by atoms with van der Waals surface area (Å²) in [5.74, 6) is 2.58. The Kier molecular flexibility index (Phi) is 14.1. The van der Waals surface area contributed by atoms with Gasteiger partial charge in [0, 0.05) is 5.92 Å². The second-order valence-corrected chi connectivity index (χ2v) is 15.2. The molecule has 0 aliphatic rings. The summed E-state index contributed by atoms with van der Waals surface area (Å²) < 4.78 is 0. The van der Waals surface area contributed by atoms with Gasteiger partial charge >= 0.3 is 0 Å². The number of unbranched alkanes of at least 4 members (excludes halogenated alkanes) is 7. The highest BCUT2D eigenvalue weighted by atomic mass is 32.1. The molecule has 0 aliphatic heterocycles. The first-order valence-electron chi connectivity index (χ1n) is 16.5. The first-order valence-corrected chi connectivity index (χ1v) is 17.1. The van der Waals surface area contributed by atoms with E-state index in [4.69, 9.17) is 0 Å². The minimum atomic E-state index is -0.151. The zero-order valence-electron chi connectivity index (χ0n) is 28.0. The molecule has 0 spiro atoms. The number of hydrogen-bond acceptors (Lipinski definition) is 3. The Morgan fingerprint density at radius 1 is 0.634 bits per heavy atom. The number of rotatable bonds is 16. The molecule has 41 heavy (non-hydrogen) atoms. The minimum absolute atomic E-state index is 0.151. The molecular formula is C38H62O2S. The molecule has 0 fully saturated rings. The molecule has 0 bridgehead atoms. The van der Waals surface area contributed by atoms with Crippen LogP contribution in [0.1, 0.15) is 165 Å². The molecule has 1 atom stereocenters. The van der Waals surface area contributed by atoms with Crippen LogP contribution in [-0.2, 0) is 10.8 Å². The van der Waals surface area contributed by atoms with E-state index < -0.39 is 0 Å². The molecule has 0 saturated carbocycles. The van der Waals surface area contributed by atoms with Crippen LogP contribution in [-0.4, -0.2) is 16.0 Å². The highest BCUT2D eigenvalue weighted by Gasteiger charge is 2.29. The first kappa shape index (κ1) is 35.6. The molecular weight excluding hydrogens is 520 g/mol. The Morgan fingerprint density at radius 2 is 1.05 bits per heavy atom. The van der Waals surface area contributed by atoms with E-state index in [9.17, 15) is 10.2 Å². The van der Waals surface area contributed by atoms with Crippen molar-refractivity contribution in [3.63, 3.8) is 0 Å². The third-order valence-corrected chi connectivity index (χ3v) is 9.26. The Hall–Kier alpha value is -1.61. The lowest BCUT2D eigenvalue weighted by atomic mass is 9.74. The van der Waals surface area contributed by atoms with Crippen molar-refractivity contribution < 1.29 is 10.2 Å². The molecule has 1 unspecified atom stereocenters. The van der Waals surface area contributed by atoms with Crippen molar-refractivity contribution in [2.45, 2.75) is 156 Å². The van der Waals surface area contributed by atoms with Crippen LogP contribution in [0.15, 0.2) is 24.3 Å². The Balaban J connectivity index is 2.55. The molecule has 3 heteroatoms. The van der Waals surface area contributed by atoms with E-state index in [0.717, 1.165) is 34.4 Å². The van der Waals surface area contributed by atoms with Crippen LogP contribution < -0.4 is 0 Å².